The lowest BCUT2D eigenvalue weighted by molar-refractivity contribution is -0.904. The van der Waals surface area contributed by atoms with Crippen LogP contribution in [0.1, 0.15) is 0 Å². The molecule has 1 N–H and O–H groups in total. The summed E-state index contributed by atoms with van der Waals surface area (Å²) in [5, 5.41) is 19.5. The lowest BCUT2D eigenvalue weighted by Crippen LogP contribution is -2.27. The first-order valence-electron chi connectivity index (χ1n) is 4.62. The summed E-state index contributed by atoms with van der Waals surface area (Å²) in [6.07, 6.45) is 2.99. The average molecular weight is 217 g/mol. The highest BCUT2D eigenvalue weighted by Gasteiger charge is 2.06. The van der Waals surface area contributed by atoms with E-state index >= 15 is 0 Å². The van der Waals surface area contributed by atoms with Crippen LogP contribution >= 0.6 is 0 Å². The number of pyridine rings is 1. The molecule has 5 nitrogen and oxygen atoms in total. The van der Waals surface area contributed by atoms with Crippen LogP contribution in [0.4, 0.5) is 5.69 Å². The molecule has 0 bridgehead atoms. The molecule has 16 heavy (non-hydrogen) atoms. The molecule has 0 radical (unpaired) electrons. The second-order valence-corrected chi connectivity index (χ2v) is 3.27. The van der Waals surface area contributed by atoms with Gasteiger partial charge in [0.05, 0.1) is 4.92 Å². The second kappa shape index (κ2) is 3.98. The van der Waals surface area contributed by atoms with Crippen molar-refractivity contribution >= 4 is 5.69 Å². The molecule has 0 aliphatic rings. The first-order chi connectivity index (χ1) is 7.66. The summed E-state index contributed by atoms with van der Waals surface area (Å²) in [6.45, 7) is 0. The molecule has 0 atom stereocenters. The van der Waals surface area contributed by atoms with E-state index in [0.717, 1.165) is 15.9 Å². The van der Waals surface area contributed by atoms with Gasteiger partial charge in [0.25, 0.3) is 5.69 Å². The summed E-state index contributed by atoms with van der Waals surface area (Å²) in [4.78, 5) is 10.0. The number of nitrogens with zero attached hydrogens (tertiary/aromatic N) is 2. The Hall–Kier alpha value is -2.43. The number of hydrogen-bond acceptors (Lipinski definition) is 3. The van der Waals surface area contributed by atoms with Crippen molar-refractivity contribution in [2.75, 3.05) is 0 Å². The van der Waals surface area contributed by atoms with Crippen LogP contribution < -0.4 is 4.73 Å². The van der Waals surface area contributed by atoms with Crippen molar-refractivity contribution in [2.45, 2.75) is 0 Å². The van der Waals surface area contributed by atoms with Gasteiger partial charge in [-0.25, -0.2) is 0 Å². The van der Waals surface area contributed by atoms with Crippen molar-refractivity contribution in [2.24, 2.45) is 0 Å². The van der Waals surface area contributed by atoms with Crippen molar-refractivity contribution < 1.29 is 14.9 Å². The zero-order chi connectivity index (χ0) is 11.5. The highest BCUT2D eigenvalue weighted by molar-refractivity contribution is 5.63. The monoisotopic (exact) mass is 217 g/mol. The molecule has 0 aliphatic carbocycles. The molecule has 2 aromatic rings. The van der Waals surface area contributed by atoms with E-state index in [1.165, 1.54) is 24.5 Å². The van der Waals surface area contributed by atoms with E-state index < -0.39 is 4.92 Å². The van der Waals surface area contributed by atoms with Gasteiger partial charge >= 0.3 is 0 Å². The highest BCUT2D eigenvalue weighted by atomic mass is 16.6. The molecule has 2 rings (SSSR count). The van der Waals surface area contributed by atoms with Gasteiger partial charge in [-0.2, -0.15) is 0 Å². The fourth-order valence-electron chi connectivity index (χ4n) is 1.39. The van der Waals surface area contributed by atoms with Crippen LogP contribution in [0.2, 0.25) is 0 Å². The topological polar surface area (TPSA) is 67.2 Å². The molecule has 0 fully saturated rings. The lowest BCUT2D eigenvalue weighted by Gasteiger charge is -1.98. The number of rotatable bonds is 2. The minimum atomic E-state index is -0.434. The summed E-state index contributed by atoms with van der Waals surface area (Å²) in [5.41, 5.74) is 1.82. The maximum Gasteiger partial charge on any atom is 0.269 e. The van der Waals surface area contributed by atoms with Crippen molar-refractivity contribution in [3.05, 3.63) is 58.9 Å². The summed E-state index contributed by atoms with van der Waals surface area (Å²) < 4.78 is 0.939. The number of nitro groups is 1. The van der Waals surface area contributed by atoms with Gasteiger partial charge in [0.15, 0.2) is 0 Å². The first-order valence-corrected chi connectivity index (χ1v) is 4.62. The molecular weight excluding hydrogens is 208 g/mol. The summed E-state index contributed by atoms with van der Waals surface area (Å²) in [7, 11) is 0. The SMILES string of the molecule is O=[N+]([O-])c1ccc(-c2cc[n+](O)cc2)cc1. The smallest absolute Gasteiger partial charge is 0.269 e. The maximum absolute atomic E-state index is 10.5. The van der Waals surface area contributed by atoms with E-state index in [-0.39, 0.29) is 5.69 Å². The van der Waals surface area contributed by atoms with E-state index in [0.29, 0.717) is 0 Å². The Kier molecular flexibility index (Phi) is 2.51. The summed E-state index contributed by atoms with van der Waals surface area (Å²) >= 11 is 0. The molecule has 1 aromatic carbocycles. The number of non-ortho nitro benzene ring substituents is 1. The quantitative estimate of drug-likeness (QED) is 0.361. The predicted octanol–water partition coefficient (Wildman–Crippen LogP) is 1.79. The van der Waals surface area contributed by atoms with E-state index in [1.54, 1.807) is 24.3 Å². The highest BCUT2D eigenvalue weighted by Crippen LogP contribution is 2.20. The largest absolute Gasteiger partial charge is 0.285 e. The van der Waals surface area contributed by atoms with Gasteiger partial charge in [-0.3, -0.25) is 15.3 Å². The van der Waals surface area contributed by atoms with E-state index in [2.05, 4.69) is 0 Å². The van der Waals surface area contributed by atoms with Crippen molar-refractivity contribution in [3.8, 4) is 11.1 Å². The third kappa shape index (κ3) is 1.98. The first kappa shape index (κ1) is 10.1. The lowest BCUT2D eigenvalue weighted by atomic mass is 10.1. The summed E-state index contributed by atoms with van der Waals surface area (Å²) in [6, 6.07) is 9.71. The molecule has 0 amide bonds. The van der Waals surface area contributed by atoms with Gasteiger partial charge in [-0.05, 0) is 23.3 Å². The van der Waals surface area contributed by atoms with Crippen LogP contribution in [0.25, 0.3) is 11.1 Å². The Bertz CT molecular complexity index is 506. The van der Waals surface area contributed by atoms with Gasteiger partial charge in [0.2, 0.25) is 12.4 Å². The average Bonchev–Trinajstić information content (AvgIpc) is 2.30. The minimum absolute atomic E-state index is 0.0666. The second-order valence-electron chi connectivity index (χ2n) is 3.27. The number of nitro benzene ring substituents is 1. The predicted molar refractivity (Wildman–Crippen MR) is 55.9 cm³/mol. The molecule has 80 valence electrons. The fourth-order valence-corrected chi connectivity index (χ4v) is 1.39. The molecule has 0 aliphatic heterocycles. The third-order valence-electron chi connectivity index (χ3n) is 2.23. The fraction of sp³-hybridized carbons (Fsp3) is 0. The number of aromatic nitrogens is 1. The van der Waals surface area contributed by atoms with Crippen molar-refractivity contribution in [1.82, 2.24) is 0 Å². The Labute approximate surface area is 91.3 Å². The molecular formula is C11H9N2O3+. The standard InChI is InChI=1S/C11H9N2O3/c14-12-7-5-10(6-8-12)9-1-3-11(4-2-9)13(15)16/h1-8,14H/q+1. The van der Waals surface area contributed by atoms with E-state index in [9.17, 15) is 10.1 Å². The minimum Gasteiger partial charge on any atom is -0.285 e. The zero-order valence-corrected chi connectivity index (χ0v) is 8.28. The Balaban J connectivity index is 2.34. The van der Waals surface area contributed by atoms with Crippen LogP contribution in [-0.2, 0) is 0 Å². The van der Waals surface area contributed by atoms with Crippen LogP contribution in [0.15, 0.2) is 48.8 Å². The van der Waals surface area contributed by atoms with Crippen LogP contribution in [0.3, 0.4) is 0 Å². The van der Waals surface area contributed by atoms with Gasteiger partial charge in [-0.1, -0.05) is 0 Å². The number of benzene rings is 1. The van der Waals surface area contributed by atoms with Gasteiger partial charge in [0, 0.05) is 29.0 Å². The zero-order valence-electron chi connectivity index (χ0n) is 8.28. The Morgan fingerprint density at radius 1 is 1.00 bits per heavy atom. The molecule has 1 aromatic heterocycles. The van der Waals surface area contributed by atoms with Crippen molar-refractivity contribution in [3.63, 3.8) is 0 Å². The molecule has 0 unspecified atom stereocenters. The van der Waals surface area contributed by atoms with Gasteiger partial charge in [-0.15, -0.1) is 0 Å². The Morgan fingerprint density at radius 3 is 2.00 bits per heavy atom. The van der Waals surface area contributed by atoms with E-state index in [1.807, 2.05) is 0 Å². The van der Waals surface area contributed by atoms with Crippen LogP contribution in [0.5, 0.6) is 0 Å². The normalized spacial score (nSPS) is 10.0. The number of hydrogen-bond donors (Lipinski definition) is 1. The summed E-state index contributed by atoms with van der Waals surface area (Å²) in [5.74, 6) is 0. The molecule has 5 heteroatoms. The third-order valence-corrected chi connectivity index (χ3v) is 2.23. The van der Waals surface area contributed by atoms with E-state index in [4.69, 9.17) is 5.21 Å². The van der Waals surface area contributed by atoms with Crippen LogP contribution in [0, 0.1) is 10.1 Å². The van der Waals surface area contributed by atoms with Crippen molar-refractivity contribution in [1.29, 1.82) is 0 Å². The molecule has 0 spiro atoms. The van der Waals surface area contributed by atoms with Gasteiger partial charge < -0.3 is 0 Å². The molecule has 0 saturated carbocycles. The van der Waals surface area contributed by atoms with Gasteiger partial charge in [0.1, 0.15) is 0 Å². The molecule has 0 saturated heterocycles. The Morgan fingerprint density at radius 2 is 1.50 bits per heavy atom. The maximum atomic E-state index is 10.5. The van der Waals surface area contributed by atoms with Crippen LogP contribution in [-0.4, -0.2) is 10.1 Å². The molecule has 1 heterocycles.